The maximum Gasteiger partial charge on any atom is 0.325 e. The smallest absolute Gasteiger partial charge is 0.325 e. The lowest BCUT2D eigenvalue weighted by molar-refractivity contribution is -0.130. The minimum atomic E-state index is -0.811. The Morgan fingerprint density at radius 2 is 2.04 bits per heavy atom. The van der Waals surface area contributed by atoms with Crippen LogP contribution in [-0.2, 0) is 4.79 Å². The number of likely N-dealkylation sites (tertiary alicyclic amines) is 1. The number of nitrogens with zero attached hydrogens (tertiary/aromatic N) is 4. The van der Waals surface area contributed by atoms with Crippen molar-refractivity contribution in [2.75, 3.05) is 19.6 Å². The number of carbonyl (C=O) groups is 2. The van der Waals surface area contributed by atoms with E-state index in [1.807, 2.05) is 0 Å². The molecule has 0 aliphatic carbocycles. The van der Waals surface area contributed by atoms with Gasteiger partial charge in [-0.2, -0.15) is 0 Å². The van der Waals surface area contributed by atoms with Gasteiger partial charge in [0.25, 0.3) is 5.91 Å². The van der Waals surface area contributed by atoms with Crippen LogP contribution in [0.4, 0.5) is 4.79 Å². The minimum absolute atomic E-state index is 0.166. The van der Waals surface area contributed by atoms with Gasteiger partial charge in [0, 0.05) is 26.1 Å². The lowest BCUT2D eigenvalue weighted by Gasteiger charge is -2.38. The molecule has 1 aromatic heterocycles. The second-order valence-corrected chi connectivity index (χ2v) is 7.20. The first kappa shape index (κ1) is 16.9. The Morgan fingerprint density at radius 1 is 1.29 bits per heavy atom. The van der Waals surface area contributed by atoms with Crippen molar-refractivity contribution >= 4 is 11.9 Å². The van der Waals surface area contributed by atoms with E-state index >= 15 is 0 Å². The van der Waals surface area contributed by atoms with E-state index in [0.717, 1.165) is 19.4 Å². The average molecular weight is 335 g/mol. The quantitative estimate of drug-likeness (QED) is 0.833. The Bertz CT molecular complexity index is 641. The zero-order valence-corrected chi connectivity index (χ0v) is 14.7. The van der Waals surface area contributed by atoms with E-state index < -0.39 is 5.54 Å². The van der Waals surface area contributed by atoms with Crippen LogP contribution in [0.5, 0.6) is 0 Å². The van der Waals surface area contributed by atoms with E-state index in [9.17, 15) is 9.59 Å². The molecule has 1 N–H and O–H groups in total. The second kappa shape index (κ2) is 6.16. The molecule has 0 bridgehead atoms. The van der Waals surface area contributed by atoms with E-state index in [4.69, 9.17) is 4.42 Å². The molecule has 3 rings (SSSR count). The summed E-state index contributed by atoms with van der Waals surface area (Å²) in [7, 11) is 0. The van der Waals surface area contributed by atoms with Gasteiger partial charge in [0.1, 0.15) is 5.54 Å². The van der Waals surface area contributed by atoms with Gasteiger partial charge >= 0.3 is 6.03 Å². The van der Waals surface area contributed by atoms with Gasteiger partial charge in [0.15, 0.2) is 0 Å². The van der Waals surface area contributed by atoms with Crippen molar-refractivity contribution < 1.29 is 14.0 Å². The highest BCUT2D eigenvalue weighted by atomic mass is 16.4. The third kappa shape index (κ3) is 3.02. The number of hydrogen-bond donors (Lipinski definition) is 1. The number of aryl methyl sites for hydroxylation is 1. The first-order valence-electron chi connectivity index (χ1n) is 8.48. The van der Waals surface area contributed by atoms with Crippen LogP contribution in [0.3, 0.4) is 0 Å². The van der Waals surface area contributed by atoms with Crippen molar-refractivity contribution in [2.45, 2.75) is 58.0 Å². The summed E-state index contributed by atoms with van der Waals surface area (Å²) in [4.78, 5) is 27.9. The molecule has 0 aromatic carbocycles. The third-order valence-corrected chi connectivity index (χ3v) is 5.03. The van der Waals surface area contributed by atoms with Crippen LogP contribution in [0.1, 0.15) is 51.3 Å². The summed E-state index contributed by atoms with van der Waals surface area (Å²) in [5, 5.41) is 10.8. The van der Waals surface area contributed by atoms with Crippen LogP contribution in [0.2, 0.25) is 0 Å². The van der Waals surface area contributed by atoms with Gasteiger partial charge in [-0.15, -0.1) is 10.2 Å². The third-order valence-electron chi connectivity index (χ3n) is 5.03. The van der Waals surface area contributed by atoms with E-state index in [0.29, 0.717) is 24.9 Å². The summed E-state index contributed by atoms with van der Waals surface area (Å²) >= 11 is 0. The Labute approximate surface area is 141 Å². The SMILES string of the molecule is Cc1nnc([C@H]2CCCN(CCN3C(=O)NC(C)(C)C3=O)[C@H]2C)o1. The molecule has 2 atom stereocenters. The lowest BCUT2D eigenvalue weighted by Crippen LogP contribution is -2.47. The maximum absolute atomic E-state index is 12.3. The standard InChI is InChI=1S/C16H25N5O3/c1-10-12(13-19-18-11(2)24-13)6-5-7-20(10)8-9-21-14(22)16(3,4)17-15(21)23/h10,12H,5-9H2,1-4H3,(H,17,23)/t10-,12-/m0/s1. The minimum Gasteiger partial charge on any atom is -0.425 e. The summed E-state index contributed by atoms with van der Waals surface area (Å²) in [5.41, 5.74) is -0.811. The molecule has 2 aliphatic heterocycles. The fourth-order valence-corrected chi connectivity index (χ4v) is 3.57. The highest BCUT2D eigenvalue weighted by Gasteiger charge is 2.44. The highest BCUT2D eigenvalue weighted by Crippen LogP contribution is 2.31. The number of aromatic nitrogens is 2. The molecular weight excluding hydrogens is 310 g/mol. The number of carbonyl (C=O) groups excluding carboxylic acids is 2. The number of imide groups is 1. The van der Waals surface area contributed by atoms with E-state index in [2.05, 4.69) is 27.3 Å². The number of piperidine rings is 1. The summed E-state index contributed by atoms with van der Waals surface area (Å²) in [5.74, 6) is 1.29. The number of nitrogens with one attached hydrogen (secondary N) is 1. The first-order valence-corrected chi connectivity index (χ1v) is 8.48. The van der Waals surface area contributed by atoms with Gasteiger partial charge in [0.05, 0.1) is 5.92 Å². The second-order valence-electron chi connectivity index (χ2n) is 7.20. The summed E-state index contributed by atoms with van der Waals surface area (Å²) < 4.78 is 5.60. The molecular formula is C16H25N5O3. The monoisotopic (exact) mass is 335 g/mol. The molecule has 0 spiro atoms. The summed E-state index contributed by atoms with van der Waals surface area (Å²) in [6.45, 7) is 9.38. The zero-order chi connectivity index (χ0) is 17.5. The molecule has 2 fully saturated rings. The number of rotatable bonds is 4. The van der Waals surface area contributed by atoms with Crippen molar-refractivity contribution in [1.29, 1.82) is 0 Å². The van der Waals surface area contributed by atoms with Gasteiger partial charge in [-0.1, -0.05) is 0 Å². The van der Waals surface area contributed by atoms with Crippen LogP contribution >= 0.6 is 0 Å². The number of urea groups is 1. The lowest BCUT2D eigenvalue weighted by atomic mass is 9.90. The van der Waals surface area contributed by atoms with E-state index in [1.165, 1.54) is 4.90 Å². The van der Waals surface area contributed by atoms with Gasteiger partial charge in [-0.25, -0.2) is 4.79 Å². The maximum atomic E-state index is 12.3. The molecule has 3 amide bonds. The average Bonchev–Trinajstić information content (AvgIpc) is 3.01. The van der Waals surface area contributed by atoms with Crippen molar-refractivity contribution in [1.82, 2.24) is 25.3 Å². The molecule has 8 heteroatoms. The molecule has 0 saturated carbocycles. The van der Waals surface area contributed by atoms with Gasteiger partial charge < -0.3 is 9.73 Å². The molecule has 2 saturated heterocycles. The largest absolute Gasteiger partial charge is 0.425 e. The van der Waals surface area contributed by atoms with Crippen molar-refractivity contribution in [3.8, 4) is 0 Å². The predicted octanol–water partition coefficient (Wildman–Crippen LogP) is 1.28. The highest BCUT2D eigenvalue weighted by molar-refractivity contribution is 6.06. The Kier molecular flexibility index (Phi) is 4.33. The van der Waals surface area contributed by atoms with Crippen LogP contribution in [0, 0.1) is 6.92 Å². The predicted molar refractivity (Wildman–Crippen MR) is 86.4 cm³/mol. The Morgan fingerprint density at radius 3 is 2.62 bits per heavy atom. The van der Waals surface area contributed by atoms with E-state index in [-0.39, 0.29) is 23.9 Å². The van der Waals surface area contributed by atoms with Crippen LogP contribution < -0.4 is 5.32 Å². The Hall–Kier alpha value is -1.96. The Balaban J connectivity index is 1.63. The molecule has 24 heavy (non-hydrogen) atoms. The number of amides is 3. The topological polar surface area (TPSA) is 91.6 Å². The molecule has 8 nitrogen and oxygen atoms in total. The first-order chi connectivity index (χ1) is 11.3. The summed E-state index contributed by atoms with van der Waals surface area (Å²) in [6.07, 6.45) is 2.04. The number of hydrogen-bond acceptors (Lipinski definition) is 6. The fourth-order valence-electron chi connectivity index (χ4n) is 3.57. The molecule has 132 valence electrons. The van der Waals surface area contributed by atoms with E-state index in [1.54, 1.807) is 20.8 Å². The van der Waals surface area contributed by atoms with Crippen molar-refractivity contribution in [3.05, 3.63) is 11.8 Å². The molecule has 0 radical (unpaired) electrons. The van der Waals surface area contributed by atoms with Crippen molar-refractivity contribution in [3.63, 3.8) is 0 Å². The van der Waals surface area contributed by atoms with Gasteiger partial charge in [0.2, 0.25) is 11.8 Å². The fraction of sp³-hybridized carbons (Fsp3) is 0.750. The van der Waals surface area contributed by atoms with Crippen LogP contribution in [-0.4, -0.2) is 63.2 Å². The van der Waals surface area contributed by atoms with Gasteiger partial charge in [-0.05, 0) is 40.2 Å². The van der Waals surface area contributed by atoms with Gasteiger partial charge in [-0.3, -0.25) is 14.6 Å². The zero-order valence-electron chi connectivity index (χ0n) is 14.7. The summed E-state index contributed by atoms with van der Waals surface area (Å²) in [6, 6.07) is -0.0777. The van der Waals surface area contributed by atoms with Crippen LogP contribution in [0.15, 0.2) is 4.42 Å². The van der Waals surface area contributed by atoms with Crippen LogP contribution in [0.25, 0.3) is 0 Å². The molecule has 2 aliphatic rings. The molecule has 3 heterocycles. The normalized spacial score (nSPS) is 27.6. The molecule has 0 unspecified atom stereocenters. The van der Waals surface area contributed by atoms with Crippen molar-refractivity contribution in [2.24, 2.45) is 0 Å². The molecule has 1 aromatic rings.